The first-order valence-corrected chi connectivity index (χ1v) is 6.41. The average molecular weight is 246 g/mol. The van der Waals surface area contributed by atoms with Crippen LogP contribution in [0.5, 0.6) is 0 Å². The number of nitrogens with zero attached hydrogens (tertiary/aromatic N) is 4. The number of aromatic nitrogens is 3. The first-order valence-electron chi connectivity index (χ1n) is 6.41. The molecule has 1 fully saturated rings. The van der Waals surface area contributed by atoms with Crippen molar-refractivity contribution in [1.29, 1.82) is 0 Å². The van der Waals surface area contributed by atoms with E-state index in [9.17, 15) is 5.11 Å². The fourth-order valence-corrected chi connectivity index (χ4v) is 2.56. The molecule has 2 aromatic rings. The van der Waals surface area contributed by atoms with Gasteiger partial charge in [0.1, 0.15) is 5.52 Å². The van der Waals surface area contributed by atoms with Crippen molar-refractivity contribution in [1.82, 2.24) is 14.6 Å². The minimum absolute atomic E-state index is 0.542. The zero-order valence-electron chi connectivity index (χ0n) is 10.6. The Balaban J connectivity index is 1.92. The summed E-state index contributed by atoms with van der Waals surface area (Å²) < 4.78 is 1.84. The topological polar surface area (TPSA) is 53.7 Å². The molecule has 0 spiro atoms. The zero-order valence-corrected chi connectivity index (χ0v) is 10.6. The van der Waals surface area contributed by atoms with Crippen LogP contribution in [0.25, 0.3) is 5.52 Å². The molecule has 3 rings (SSSR count). The Morgan fingerprint density at radius 3 is 3.06 bits per heavy atom. The molecule has 5 nitrogen and oxygen atoms in total. The molecule has 0 bridgehead atoms. The molecule has 2 aromatic heterocycles. The SMILES string of the molecule is CC1(O)CCCN(c2nccn3nccc23)CC1. The molecule has 1 N–H and O–H groups in total. The van der Waals surface area contributed by atoms with Gasteiger partial charge in [-0.25, -0.2) is 9.50 Å². The second-order valence-electron chi connectivity index (χ2n) is 5.25. The van der Waals surface area contributed by atoms with Crippen LogP contribution in [0.15, 0.2) is 24.7 Å². The van der Waals surface area contributed by atoms with Gasteiger partial charge in [-0.15, -0.1) is 0 Å². The lowest BCUT2D eigenvalue weighted by Crippen LogP contribution is -2.29. The van der Waals surface area contributed by atoms with Crippen molar-refractivity contribution in [2.75, 3.05) is 18.0 Å². The van der Waals surface area contributed by atoms with Gasteiger partial charge in [0.2, 0.25) is 0 Å². The molecular formula is C13H18N4O. The summed E-state index contributed by atoms with van der Waals surface area (Å²) in [7, 11) is 0. The number of hydrogen-bond donors (Lipinski definition) is 1. The fourth-order valence-electron chi connectivity index (χ4n) is 2.56. The van der Waals surface area contributed by atoms with E-state index in [1.54, 1.807) is 12.4 Å². The van der Waals surface area contributed by atoms with E-state index in [1.807, 2.05) is 23.7 Å². The van der Waals surface area contributed by atoms with E-state index in [4.69, 9.17) is 0 Å². The highest BCUT2D eigenvalue weighted by Gasteiger charge is 2.26. The number of anilines is 1. The Hall–Kier alpha value is -1.62. The Labute approximate surface area is 106 Å². The average Bonchev–Trinajstić information content (AvgIpc) is 2.74. The van der Waals surface area contributed by atoms with E-state index >= 15 is 0 Å². The monoisotopic (exact) mass is 246 g/mol. The maximum atomic E-state index is 10.1. The minimum Gasteiger partial charge on any atom is -0.390 e. The summed E-state index contributed by atoms with van der Waals surface area (Å²) >= 11 is 0. The highest BCUT2D eigenvalue weighted by atomic mass is 16.3. The van der Waals surface area contributed by atoms with Crippen LogP contribution < -0.4 is 4.90 Å². The Morgan fingerprint density at radius 2 is 2.17 bits per heavy atom. The summed E-state index contributed by atoms with van der Waals surface area (Å²) in [5, 5.41) is 14.4. The van der Waals surface area contributed by atoms with Crippen LogP contribution >= 0.6 is 0 Å². The van der Waals surface area contributed by atoms with Crippen LogP contribution in [0.2, 0.25) is 0 Å². The molecule has 0 saturated carbocycles. The van der Waals surface area contributed by atoms with E-state index in [0.717, 1.165) is 43.7 Å². The summed E-state index contributed by atoms with van der Waals surface area (Å²) in [6.45, 7) is 3.70. The van der Waals surface area contributed by atoms with Crippen LogP contribution in [0, 0.1) is 0 Å². The van der Waals surface area contributed by atoms with Gasteiger partial charge in [0.05, 0.1) is 11.8 Å². The van der Waals surface area contributed by atoms with E-state index in [2.05, 4.69) is 15.0 Å². The van der Waals surface area contributed by atoms with Gasteiger partial charge in [0.25, 0.3) is 0 Å². The van der Waals surface area contributed by atoms with Crippen LogP contribution in [0.4, 0.5) is 5.82 Å². The van der Waals surface area contributed by atoms with E-state index in [0.29, 0.717) is 0 Å². The zero-order chi connectivity index (χ0) is 12.6. The predicted octanol–water partition coefficient (Wildman–Crippen LogP) is 1.47. The molecule has 1 saturated heterocycles. The maximum Gasteiger partial charge on any atom is 0.154 e. The van der Waals surface area contributed by atoms with Crippen LogP contribution in [-0.4, -0.2) is 38.4 Å². The highest BCUT2D eigenvalue weighted by molar-refractivity contribution is 5.68. The van der Waals surface area contributed by atoms with Crippen molar-refractivity contribution in [3.63, 3.8) is 0 Å². The molecule has 1 atom stereocenters. The smallest absolute Gasteiger partial charge is 0.154 e. The van der Waals surface area contributed by atoms with Gasteiger partial charge in [-0.05, 0) is 32.3 Å². The molecule has 0 amide bonds. The van der Waals surface area contributed by atoms with E-state index < -0.39 is 5.60 Å². The molecule has 1 unspecified atom stereocenters. The van der Waals surface area contributed by atoms with Crippen molar-refractivity contribution >= 4 is 11.3 Å². The molecule has 96 valence electrons. The van der Waals surface area contributed by atoms with Crippen molar-refractivity contribution in [2.45, 2.75) is 31.8 Å². The van der Waals surface area contributed by atoms with Gasteiger partial charge in [-0.2, -0.15) is 5.10 Å². The van der Waals surface area contributed by atoms with Gasteiger partial charge < -0.3 is 10.0 Å². The molecule has 1 aliphatic heterocycles. The Kier molecular flexibility index (Phi) is 2.70. The van der Waals surface area contributed by atoms with Gasteiger partial charge in [-0.1, -0.05) is 0 Å². The number of hydrogen-bond acceptors (Lipinski definition) is 4. The van der Waals surface area contributed by atoms with Gasteiger partial charge in [-0.3, -0.25) is 0 Å². The summed E-state index contributed by atoms with van der Waals surface area (Å²) in [5.74, 6) is 0.965. The van der Waals surface area contributed by atoms with E-state index in [-0.39, 0.29) is 0 Å². The third kappa shape index (κ3) is 2.06. The van der Waals surface area contributed by atoms with Crippen LogP contribution in [0.1, 0.15) is 26.2 Å². The third-order valence-electron chi connectivity index (χ3n) is 3.67. The van der Waals surface area contributed by atoms with Crippen molar-refractivity contribution in [3.05, 3.63) is 24.7 Å². The Bertz CT molecular complexity index is 549. The maximum absolute atomic E-state index is 10.1. The predicted molar refractivity (Wildman–Crippen MR) is 69.7 cm³/mol. The lowest BCUT2D eigenvalue weighted by atomic mass is 9.98. The quantitative estimate of drug-likeness (QED) is 0.828. The lowest BCUT2D eigenvalue weighted by molar-refractivity contribution is 0.0481. The summed E-state index contributed by atoms with van der Waals surface area (Å²) in [6, 6.07) is 1.98. The molecule has 3 heterocycles. The van der Waals surface area contributed by atoms with Crippen molar-refractivity contribution in [2.24, 2.45) is 0 Å². The Morgan fingerprint density at radius 1 is 1.28 bits per heavy atom. The number of aliphatic hydroxyl groups is 1. The number of rotatable bonds is 1. The third-order valence-corrected chi connectivity index (χ3v) is 3.67. The van der Waals surface area contributed by atoms with Crippen LogP contribution in [0.3, 0.4) is 0 Å². The van der Waals surface area contributed by atoms with Gasteiger partial charge >= 0.3 is 0 Å². The summed E-state index contributed by atoms with van der Waals surface area (Å²) in [4.78, 5) is 6.72. The second kappa shape index (κ2) is 4.24. The second-order valence-corrected chi connectivity index (χ2v) is 5.25. The minimum atomic E-state index is -0.542. The first-order chi connectivity index (χ1) is 8.66. The van der Waals surface area contributed by atoms with Crippen molar-refractivity contribution < 1.29 is 5.11 Å². The molecule has 0 aromatic carbocycles. The van der Waals surface area contributed by atoms with Gasteiger partial charge in [0, 0.05) is 25.5 Å². The van der Waals surface area contributed by atoms with Crippen LogP contribution in [-0.2, 0) is 0 Å². The summed E-state index contributed by atoms with van der Waals surface area (Å²) in [6.07, 6.45) is 8.04. The standard InChI is InChI=1S/C13H18N4O/c1-13(18)4-2-8-16(9-5-13)12-11-3-6-15-17(11)10-7-14-12/h3,6-7,10,18H,2,4-5,8-9H2,1H3. The molecule has 1 aliphatic rings. The molecule has 5 heteroatoms. The van der Waals surface area contributed by atoms with E-state index in [1.165, 1.54) is 0 Å². The molecule has 0 aliphatic carbocycles. The number of fused-ring (bicyclic) bond motifs is 1. The molecule has 0 radical (unpaired) electrons. The van der Waals surface area contributed by atoms with Crippen molar-refractivity contribution in [3.8, 4) is 0 Å². The largest absolute Gasteiger partial charge is 0.390 e. The summed E-state index contributed by atoms with van der Waals surface area (Å²) in [5.41, 5.74) is 0.485. The fraction of sp³-hybridized carbons (Fsp3) is 0.538. The molecule has 18 heavy (non-hydrogen) atoms. The lowest BCUT2D eigenvalue weighted by Gasteiger charge is -2.23. The highest BCUT2D eigenvalue weighted by Crippen LogP contribution is 2.26. The normalized spacial score (nSPS) is 25.3. The van der Waals surface area contributed by atoms with Gasteiger partial charge in [0.15, 0.2) is 5.82 Å². The first kappa shape index (κ1) is 11.5. The molecular weight excluding hydrogens is 228 g/mol.